The van der Waals surface area contributed by atoms with E-state index in [2.05, 4.69) is 35.0 Å². The zero-order valence-electron chi connectivity index (χ0n) is 9.81. The van der Waals surface area contributed by atoms with Crippen LogP contribution >= 0.6 is 11.6 Å². The van der Waals surface area contributed by atoms with Gasteiger partial charge >= 0.3 is 0 Å². The van der Waals surface area contributed by atoms with E-state index >= 15 is 0 Å². The second-order valence-corrected chi connectivity index (χ2v) is 4.05. The summed E-state index contributed by atoms with van der Waals surface area (Å²) in [7, 11) is 0. The number of hydrogen-bond acceptors (Lipinski definition) is 4. The molecule has 0 atom stereocenters. The molecule has 0 amide bonds. The number of hydrogen-bond donors (Lipinski definition) is 1. The summed E-state index contributed by atoms with van der Waals surface area (Å²) in [6.45, 7) is 4.12. The molecule has 0 saturated carbocycles. The van der Waals surface area contributed by atoms with Gasteiger partial charge in [-0.15, -0.1) is 0 Å². The van der Waals surface area contributed by atoms with E-state index in [0.717, 1.165) is 24.2 Å². The van der Waals surface area contributed by atoms with Crippen LogP contribution in [0.3, 0.4) is 0 Å². The van der Waals surface area contributed by atoms with E-state index in [9.17, 15) is 0 Å². The van der Waals surface area contributed by atoms with E-state index in [1.807, 2.05) is 0 Å². The van der Waals surface area contributed by atoms with Crippen molar-refractivity contribution < 1.29 is 0 Å². The highest BCUT2D eigenvalue weighted by atomic mass is 35.5. The molecule has 0 aromatic carbocycles. The quantitative estimate of drug-likeness (QED) is 0.906. The van der Waals surface area contributed by atoms with Crippen molar-refractivity contribution >= 4 is 17.5 Å². The number of nitrogens with two attached hydrogens (primary N) is 1. The standard InChI is InChI=1S/C11H14ClN5/c1-3-7-5-8(4-2)17(16-7)10-9(12)6-14-11(13)15-10/h5-6H,3-4H2,1-2H3,(H2,13,14,15). The maximum absolute atomic E-state index is 6.07. The van der Waals surface area contributed by atoms with Gasteiger partial charge in [-0.2, -0.15) is 10.1 Å². The molecule has 2 aromatic heterocycles. The van der Waals surface area contributed by atoms with Crippen molar-refractivity contribution in [3.63, 3.8) is 0 Å². The van der Waals surface area contributed by atoms with Crippen molar-refractivity contribution in [2.45, 2.75) is 26.7 Å². The molecule has 17 heavy (non-hydrogen) atoms. The van der Waals surface area contributed by atoms with Crippen LogP contribution in [-0.2, 0) is 12.8 Å². The van der Waals surface area contributed by atoms with Gasteiger partial charge in [-0.05, 0) is 18.9 Å². The molecule has 0 bridgehead atoms. The largest absolute Gasteiger partial charge is 0.368 e. The Bertz CT molecular complexity index is 535. The molecule has 2 rings (SSSR count). The Morgan fingerprint density at radius 1 is 1.35 bits per heavy atom. The van der Waals surface area contributed by atoms with Crippen LogP contribution in [0.25, 0.3) is 5.82 Å². The van der Waals surface area contributed by atoms with Crippen LogP contribution in [-0.4, -0.2) is 19.7 Å². The van der Waals surface area contributed by atoms with Gasteiger partial charge in [0.15, 0.2) is 5.82 Å². The molecule has 2 N–H and O–H groups in total. The molecule has 0 unspecified atom stereocenters. The second-order valence-electron chi connectivity index (χ2n) is 3.65. The Labute approximate surface area is 105 Å². The minimum atomic E-state index is 0.194. The molecule has 0 aliphatic heterocycles. The number of halogens is 1. The number of aryl methyl sites for hydroxylation is 2. The van der Waals surface area contributed by atoms with Gasteiger partial charge in [-0.3, -0.25) is 0 Å². The lowest BCUT2D eigenvalue weighted by molar-refractivity contribution is 0.770. The number of rotatable bonds is 3. The first-order valence-corrected chi connectivity index (χ1v) is 5.89. The summed E-state index contributed by atoms with van der Waals surface area (Å²) in [5.74, 6) is 0.732. The Balaban J connectivity index is 2.58. The summed E-state index contributed by atoms with van der Waals surface area (Å²) in [6, 6.07) is 2.05. The van der Waals surface area contributed by atoms with Crippen LogP contribution in [0.1, 0.15) is 25.2 Å². The number of nitrogens with zero attached hydrogens (tertiary/aromatic N) is 4. The lowest BCUT2D eigenvalue weighted by Gasteiger charge is -2.06. The van der Waals surface area contributed by atoms with Crippen molar-refractivity contribution in [1.29, 1.82) is 0 Å². The van der Waals surface area contributed by atoms with Crippen LogP contribution in [0.4, 0.5) is 5.95 Å². The predicted octanol–water partition coefficient (Wildman–Crippen LogP) is 2.02. The summed E-state index contributed by atoms with van der Waals surface area (Å²) in [4.78, 5) is 7.98. The Morgan fingerprint density at radius 2 is 2.12 bits per heavy atom. The topological polar surface area (TPSA) is 69.6 Å². The fraction of sp³-hybridized carbons (Fsp3) is 0.364. The van der Waals surface area contributed by atoms with Crippen LogP contribution in [0.15, 0.2) is 12.3 Å². The molecule has 0 saturated heterocycles. The van der Waals surface area contributed by atoms with Crippen molar-refractivity contribution in [3.05, 3.63) is 28.7 Å². The van der Waals surface area contributed by atoms with Crippen molar-refractivity contribution in [1.82, 2.24) is 19.7 Å². The number of aromatic nitrogens is 4. The fourth-order valence-electron chi connectivity index (χ4n) is 1.60. The number of nitrogen functional groups attached to an aromatic ring is 1. The lowest BCUT2D eigenvalue weighted by Crippen LogP contribution is -2.07. The summed E-state index contributed by atoms with van der Waals surface area (Å²) in [6.07, 6.45) is 3.22. The minimum Gasteiger partial charge on any atom is -0.368 e. The van der Waals surface area contributed by atoms with Crippen molar-refractivity contribution in [3.8, 4) is 5.82 Å². The van der Waals surface area contributed by atoms with Crippen molar-refractivity contribution in [2.75, 3.05) is 5.73 Å². The molecule has 0 radical (unpaired) electrons. The van der Waals surface area contributed by atoms with Crippen molar-refractivity contribution in [2.24, 2.45) is 0 Å². The smallest absolute Gasteiger partial charge is 0.222 e. The van der Waals surface area contributed by atoms with E-state index in [1.54, 1.807) is 4.68 Å². The third-order valence-corrected chi connectivity index (χ3v) is 2.77. The number of anilines is 1. The van der Waals surface area contributed by atoms with Crippen LogP contribution in [0.5, 0.6) is 0 Å². The summed E-state index contributed by atoms with van der Waals surface area (Å²) in [5.41, 5.74) is 7.64. The molecule has 0 spiro atoms. The summed E-state index contributed by atoms with van der Waals surface area (Å²) < 4.78 is 1.74. The van der Waals surface area contributed by atoms with E-state index in [0.29, 0.717) is 10.8 Å². The summed E-state index contributed by atoms with van der Waals surface area (Å²) in [5, 5.41) is 4.90. The van der Waals surface area contributed by atoms with Gasteiger partial charge in [-0.1, -0.05) is 25.4 Å². The third-order valence-electron chi connectivity index (χ3n) is 2.50. The van der Waals surface area contributed by atoms with Crippen LogP contribution in [0.2, 0.25) is 5.02 Å². The molecule has 0 aliphatic rings. The molecule has 5 nitrogen and oxygen atoms in total. The van der Waals surface area contributed by atoms with Crippen LogP contribution < -0.4 is 5.73 Å². The molecule has 2 aromatic rings. The van der Waals surface area contributed by atoms with Gasteiger partial charge in [0.2, 0.25) is 5.95 Å². The zero-order chi connectivity index (χ0) is 12.4. The van der Waals surface area contributed by atoms with Gasteiger partial charge in [0.25, 0.3) is 0 Å². The Kier molecular flexibility index (Phi) is 3.28. The van der Waals surface area contributed by atoms with E-state index < -0.39 is 0 Å². The first-order chi connectivity index (χ1) is 8.15. The lowest BCUT2D eigenvalue weighted by atomic mass is 10.2. The van der Waals surface area contributed by atoms with Gasteiger partial charge in [0.1, 0.15) is 5.02 Å². The molecule has 0 aliphatic carbocycles. The zero-order valence-corrected chi connectivity index (χ0v) is 10.6. The van der Waals surface area contributed by atoms with E-state index in [-0.39, 0.29) is 5.95 Å². The van der Waals surface area contributed by atoms with Gasteiger partial charge in [0, 0.05) is 5.69 Å². The maximum atomic E-state index is 6.07. The van der Waals surface area contributed by atoms with Gasteiger partial charge < -0.3 is 5.73 Å². The Morgan fingerprint density at radius 3 is 2.76 bits per heavy atom. The molecule has 0 fully saturated rings. The van der Waals surface area contributed by atoms with Gasteiger partial charge in [0.05, 0.1) is 11.9 Å². The molecule has 90 valence electrons. The van der Waals surface area contributed by atoms with Gasteiger partial charge in [-0.25, -0.2) is 9.67 Å². The monoisotopic (exact) mass is 251 g/mol. The fourth-order valence-corrected chi connectivity index (χ4v) is 1.77. The van der Waals surface area contributed by atoms with E-state index in [4.69, 9.17) is 17.3 Å². The molecule has 2 heterocycles. The average Bonchev–Trinajstić information content (AvgIpc) is 2.75. The third kappa shape index (κ3) is 2.24. The molecular formula is C11H14ClN5. The highest BCUT2D eigenvalue weighted by molar-refractivity contribution is 6.32. The van der Waals surface area contributed by atoms with Crippen LogP contribution in [0, 0.1) is 0 Å². The molecular weight excluding hydrogens is 238 g/mol. The average molecular weight is 252 g/mol. The molecule has 6 heteroatoms. The highest BCUT2D eigenvalue weighted by Crippen LogP contribution is 2.20. The van der Waals surface area contributed by atoms with E-state index in [1.165, 1.54) is 6.20 Å². The summed E-state index contributed by atoms with van der Waals surface area (Å²) >= 11 is 6.07. The first kappa shape index (κ1) is 11.9. The maximum Gasteiger partial charge on any atom is 0.222 e. The SMILES string of the molecule is CCc1cc(CC)n(-c2nc(N)ncc2Cl)n1. The second kappa shape index (κ2) is 4.71. The highest BCUT2D eigenvalue weighted by Gasteiger charge is 2.12. The predicted molar refractivity (Wildman–Crippen MR) is 67.3 cm³/mol. The normalized spacial score (nSPS) is 10.8. The minimum absolute atomic E-state index is 0.194. The Hall–Kier alpha value is -1.62. The first-order valence-electron chi connectivity index (χ1n) is 5.51.